The Kier molecular flexibility index (Phi) is 3.87. The quantitative estimate of drug-likeness (QED) is 0.541. The number of aromatic hydroxyl groups is 1. The fourth-order valence-corrected chi connectivity index (χ4v) is 1.25. The number of amides is 1. The van der Waals surface area contributed by atoms with Gasteiger partial charge in [-0.25, -0.2) is 0 Å². The predicted octanol–water partition coefficient (Wildman–Crippen LogP) is 0.767. The van der Waals surface area contributed by atoms with Crippen LogP contribution >= 0.6 is 0 Å². The molecule has 0 aliphatic heterocycles. The van der Waals surface area contributed by atoms with E-state index in [-0.39, 0.29) is 12.1 Å². The first-order chi connectivity index (χ1) is 8.26. The van der Waals surface area contributed by atoms with E-state index >= 15 is 0 Å². The lowest BCUT2D eigenvalue weighted by Crippen LogP contribution is -2.48. The summed E-state index contributed by atoms with van der Waals surface area (Å²) >= 11 is 0. The van der Waals surface area contributed by atoms with E-state index in [1.165, 1.54) is 6.07 Å². The number of nitro groups is 1. The Hall–Kier alpha value is -2.15. The molecule has 0 aromatic heterocycles. The molecule has 0 radical (unpaired) electrons. The first-order valence-corrected chi connectivity index (χ1v) is 5.27. The van der Waals surface area contributed by atoms with Gasteiger partial charge in [0, 0.05) is 23.7 Å². The van der Waals surface area contributed by atoms with E-state index in [0.29, 0.717) is 0 Å². The summed E-state index contributed by atoms with van der Waals surface area (Å²) in [5.74, 6) is -0.992. The normalized spacial score (nSPS) is 11.1. The molecule has 0 aliphatic rings. The van der Waals surface area contributed by atoms with Crippen molar-refractivity contribution >= 4 is 11.6 Å². The minimum Gasteiger partial charge on any atom is -0.502 e. The highest BCUT2D eigenvalue weighted by Gasteiger charge is 2.21. The maximum absolute atomic E-state index is 11.8. The molecule has 18 heavy (non-hydrogen) atoms. The van der Waals surface area contributed by atoms with Gasteiger partial charge in [0.25, 0.3) is 5.91 Å². The van der Waals surface area contributed by atoms with E-state index in [1.54, 1.807) is 13.8 Å². The topological polar surface area (TPSA) is 118 Å². The van der Waals surface area contributed by atoms with Crippen LogP contribution in [0.2, 0.25) is 0 Å². The van der Waals surface area contributed by atoms with Crippen molar-refractivity contribution in [2.45, 2.75) is 19.4 Å². The van der Waals surface area contributed by atoms with Gasteiger partial charge in [-0.1, -0.05) is 0 Å². The monoisotopic (exact) mass is 253 g/mol. The van der Waals surface area contributed by atoms with Crippen LogP contribution in [-0.2, 0) is 0 Å². The Morgan fingerprint density at radius 3 is 2.61 bits per heavy atom. The highest BCUT2D eigenvalue weighted by Crippen LogP contribution is 2.26. The van der Waals surface area contributed by atoms with Gasteiger partial charge in [-0.3, -0.25) is 14.9 Å². The second kappa shape index (κ2) is 5.01. The molecular weight excluding hydrogens is 238 g/mol. The molecule has 1 aromatic rings. The molecule has 0 heterocycles. The summed E-state index contributed by atoms with van der Waals surface area (Å²) in [5.41, 5.74) is 4.58. The van der Waals surface area contributed by atoms with Crippen molar-refractivity contribution in [3.05, 3.63) is 33.9 Å². The fourth-order valence-electron chi connectivity index (χ4n) is 1.25. The van der Waals surface area contributed by atoms with Crippen LogP contribution in [0.3, 0.4) is 0 Å². The molecule has 0 saturated carbocycles. The Morgan fingerprint density at radius 1 is 1.56 bits per heavy atom. The number of nitro benzene ring substituents is 1. The summed E-state index contributed by atoms with van der Waals surface area (Å²) in [6.45, 7) is 3.74. The number of nitrogens with zero attached hydrogens (tertiary/aromatic N) is 1. The molecule has 0 fully saturated rings. The van der Waals surface area contributed by atoms with Crippen LogP contribution in [0.1, 0.15) is 24.2 Å². The summed E-state index contributed by atoms with van der Waals surface area (Å²) in [6, 6.07) is 3.42. The van der Waals surface area contributed by atoms with Crippen molar-refractivity contribution in [1.29, 1.82) is 0 Å². The van der Waals surface area contributed by atoms with Gasteiger partial charge in [-0.15, -0.1) is 0 Å². The van der Waals surface area contributed by atoms with Crippen LogP contribution in [0.4, 0.5) is 5.69 Å². The fraction of sp³-hybridized carbons (Fsp3) is 0.364. The smallest absolute Gasteiger partial charge is 0.310 e. The van der Waals surface area contributed by atoms with Crippen molar-refractivity contribution < 1.29 is 14.8 Å². The highest BCUT2D eigenvalue weighted by molar-refractivity contribution is 5.95. The summed E-state index contributed by atoms with van der Waals surface area (Å²) in [6.07, 6.45) is 0. The molecule has 0 saturated heterocycles. The number of rotatable bonds is 4. The highest BCUT2D eigenvalue weighted by atomic mass is 16.6. The second-order valence-corrected chi connectivity index (χ2v) is 4.50. The lowest BCUT2D eigenvalue weighted by atomic mass is 10.0. The molecule has 7 nitrogen and oxygen atoms in total. The molecule has 4 N–H and O–H groups in total. The maximum atomic E-state index is 11.8. The molecule has 98 valence electrons. The second-order valence-electron chi connectivity index (χ2n) is 4.50. The molecule has 7 heteroatoms. The Morgan fingerprint density at radius 2 is 2.17 bits per heavy atom. The molecule has 1 aromatic carbocycles. The molecular formula is C11H15N3O4. The van der Waals surface area contributed by atoms with Crippen LogP contribution < -0.4 is 11.1 Å². The zero-order valence-corrected chi connectivity index (χ0v) is 10.1. The lowest BCUT2D eigenvalue weighted by molar-refractivity contribution is -0.385. The summed E-state index contributed by atoms with van der Waals surface area (Å²) in [4.78, 5) is 21.6. The van der Waals surface area contributed by atoms with E-state index < -0.39 is 27.8 Å². The maximum Gasteiger partial charge on any atom is 0.310 e. The SMILES string of the molecule is CC(C)(CN)NC(=O)c1ccc([N+](=O)[O-])c(O)c1. The number of nitrogens with two attached hydrogens (primary N) is 1. The molecule has 1 amide bonds. The van der Waals surface area contributed by atoms with Gasteiger partial charge in [-0.2, -0.15) is 0 Å². The van der Waals surface area contributed by atoms with E-state index in [4.69, 9.17) is 5.73 Å². The van der Waals surface area contributed by atoms with Crippen LogP contribution in [-0.4, -0.2) is 28.0 Å². The number of benzene rings is 1. The van der Waals surface area contributed by atoms with Crippen molar-refractivity contribution in [3.63, 3.8) is 0 Å². The summed E-state index contributed by atoms with van der Waals surface area (Å²) in [7, 11) is 0. The molecule has 0 spiro atoms. The van der Waals surface area contributed by atoms with E-state index in [1.807, 2.05) is 0 Å². The minimum atomic E-state index is -0.721. The number of phenolic OH excluding ortho intramolecular Hbond substituents is 1. The van der Waals surface area contributed by atoms with Gasteiger partial charge < -0.3 is 16.2 Å². The zero-order valence-electron chi connectivity index (χ0n) is 10.1. The van der Waals surface area contributed by atoms with Gasteiger partial charge in [-0.05, 0) is 26.0 Å². The van der Waals surface area contributed by atoms with Crippen LogP contribution in [0.5, 0.6) is 5.75 Å². The standard InChI is InChI=1S/C11H15N3O4/c1-11(2,6-12)13-10(16)7-3-4-8(14(17)18)9(15)5-7/h3-5,15H,6,12H2,1-2H3,(H,13,16). The number of phenols is 1. The van der Waals surface area contributed by atoms with Gasteiger partial charge in [0.05, 0.1) is 4.92 Å². The van der Waals surface area contributed by atoms with Crippen molar-refractivity contribution in [1.82, 2.24) is 5.32 Å². The van der Waals surface area contributed by atoms with Gasteiger partial charge in [0.2, 0.25) is 0 Å². The number of hydrogen-bond acceptors (Lipinski definition) is 5. The van der Waals surface area contributed by atoms with E-state index in [0.717, 1.165) is 12.1 Å². The first kappa shape index (κ1) is 13.9. The number of hydrogen-bond donors (Lipinski definition) is 3. The van der Waals surface area contributed by atoms with Crippen LogP contribution in [0.15, 0.2) is 18.2 Å². The van der Waals surface area contributed by atoms with Gasteiger partial charge in [0.15, 0.2) is 5.75 Å². The summed E-state index contributed by atoms with van der Waals surface area (Å²) < 4.78 is 0. The van der Waals surface area contributed by atoms with Crippen molar-refractivity contribution in [2.24, 2.45) is 5.73 Å². The third-order valence-corrected chi connectivity index (χ3v) is 2.40. The molecule has 1 rings (SSSR count). The van der Waals surface area contributed by atoms with Crippen LogP contribution in [0.25, 0.3) is 0 Å². The molecule has 0 bridgehead atoms. The minimum absolute atomic E-state index is 0.139. The largest absolute Gasteiger partial charge is 0.502 e. The first-order valence-electron chi connectivity index (χ1n) is 5.27. The van der Waals surface area contributed by atoms with Crippen molar-refractivity contribution in [2.75, 3.05) is 6.54 Å². The van der Waals surface area contributed by atoms with E-state index in [9.17, 15) is 20.0 Å². The number of carbonyl (C=O) groups is 1. The average Bonchev–Trinajstić information content (AvgIpc) is 2.27. The molecule has 0 atom stereocenters. The molecule has 0 unspecified atom stereocenters. The van der Waals surface area contributed by atoms with Crippen LogP contribution in [0, 0.1) is 10.1 Å². The van der Waals surface area contributed by atoms with Crippen molar-refractivity contribution in [3.8, 4) is 5.75 Å². The Bertz CT molecular complexity index is 485. The Balaban J connectivity index is 2.95. The van der Waals surface area contributed by atoms with Gasteiger partial charge >= 0.3 is 5.69 Å². The average molecular weight is 253 g/mol. The zero-order chi connectivity index (χ0) is 13.9. The number of nitrogens with one attached hydrogen (secondary N) is 1. The lowest BCUT2D eigenvalue weighted by Gasteiger charge is -2.24. The molecule has 0 aliphatic carbocycles. The third kappa shape index (κ3) is 3.17. The number of carbonyl (C=O) groups excluding carboxylic acids is 1. The predicted molar refractivity (Wildman–Crippen MR) is 65.4 cm³/mol. The van der Waals surface area contributed by atoms with Gasteiger partial charge in [0.1, 0.15) is 0 Å². The Labute approximate surface area is 104 Å². The van der Waals surface area contributed by atoms with E-state index in [2.05, 4.69) is 5.32 Å². The summed E-state index contributed by atoms with van der Waals surface area (Å²) in [5, 5.41) is 22.6. The third-order valence-electron chi connectivity index (χ3n) is 2.40.